The van der Waals surface area contributed by atoms with Gasteiger partial charge in [-0.25, -0.2) is 9.59 Å². The number of rotatable bonds is 4. The van der Waals surface area contributed by atoms with E-state index < -0.39 is 5.97 Å². The van der Waals surface area contributed by atoms with Gasteiger partial charge in [-0.15, -0.1) is 0 Å². The van der Waals surface area contributed by atoms with E-state index in [1.54, 1.807) is 28.5 Å². The molecule has 1 aromatic carbocycles. The summed E-state index contributed by atoms with van der Waals surface area (Å²) < 4.78 is 1.67. The number of aromatic amines is 1. The molecule has 1 saturated carbocycles. The number of para-hydroxylation sites is 1. The summed E-state index contributed by atoms with van der Waals surface area (Å²) in [6, 6.07) is 4.92. The zero-order chi connectivity index (χ0) is 13.6. The molecule has 1 aliphatic carbocycles. The molecular formula is C13H14N2O3S. The molecule has 0 unspecified atom stereocenters. The van der Waals surface area contributed by atoms with Crippen LogP contribution in [0.25, 0.3) is 11.0 Å². The number of benzene rings is 1. The van der Waals surface area contributed by atoms with Gasteiger partial charge < -0.3 is 10.1 Å². The Morgan fingerprint density at radius 1 is 1.53 bits per heavy atom. The summed E-state index contributed by atoms with van der Waals surface area (Å²) >= 11 is 1.75. The van der Waals surface area contributed by atoms with Gasteiger partial charge in [0.15, 0.2) is 0 Å². The molecular weight excluding hydrogens is 264 g/mol. The van der Waals surface area contributed by atoms with Crippen LogP contribution >= 0.6 is 11.8 Å². The van der Waals surface area contributed by atoms with Crippen LogP contribution in [0.4, 0.5) is 0 Å². The molecule has 1 aromatic heterocycles. The van der Waals surface area contributed by atoms with Gasteiger partial charge in [0.2, 0.25) is 0 Å². The van der Waals surface area contributed by atoms with E-state index in [0.29, 0.717) is 17.6 Å². The lowest BCUT2D eigenvalue weighted by Gasteiger charge is -2.13. The number of thioether (sulfide) groups is 1. The maximum absolute atomic E-state index is 12.0. The zero-order valence-electron chi connectivity index (χ0n) is 10.5. The van der Waals surface area contributed by atoms with Gasteiger partial charge in [0.25, 0.3) is 0 Å². The fourth-order valence-corrected chi connectivity index (χ4v) is 3.17. The topological polar surface area (TPSA) is 75.1 Å². The quantitative estimate of drug-likeness (QED) is 0.896. The van der Waals surface area contributed by atoms with Gasteiger partial charge in [-0.1, -0.05) is 6.07 Å². The minimum atomic E-state index is -1.01. The van der Waals surface area contributed by atoms with Crippen molar-refractivity contribution in [3.63, 3.8) is 0 Å². The van der Waals surface area contributed by atoms with Gasteiger partial charge in [-0.2, -0.15) is 11.8 Å². The summed E-state index contributed by atoms with van der Waals surface area (Å²) in [7, 11) is 0. The first-order chi connectivity index (χ1) is 9.06. The van der Waals surface area contributed by atoms with Gasteiger partial charge in [0.1, 0.15) is 0 Å². The fourth-order valence-electron chi connectivity index (χ4n) is 2.40. The van der Waals surface area contributed by atoms with E-state index in [2.05, 4.69) is 4.98 Å². The molecule has 1 heterocycles. The van der Waals surface area contributed by atoms with E-state index >= 15 is 0 Å². The van der Waals surface area contributed by atoms with Crippen LogP contribution in [-0.4, -0.2) is 31.6 Å². The maximum Gasteiger partial charge on any atom is 0.337 e. The molecule has 0 amide bonds. The number of fused-ring (bicyclic) bond motifs is 1. The van der Waals surface area contributed by atoms with E-state index in [1.165, 1.54) is 6.07 Å². The molecule has 0 saturated heterocycles. The second-order valence-corrected chi connectivity index (χ2v) is 6.18. The molecule has 0 spiro atoms. The van der Waals surface area contributed by atoms with Crippen LogP contribution in [-0.2, 0) is 6.54 Å². The molecule has 19 heavy (non-hydrogen) atoms. The van der Waals surface area contributed by atoms with Crippen LogP contribution < -0.4 is 5.69 Å². The Morgan fingerprint density at radius 2 is 2.26 bits per heavy atom. The van der Waals surface area contributed by atoms with E-state index in [-0.39, 0.29) is 16.0 Å². The summed E-state index contributed by atoms with van der Waals surface area (Å²) in [6.07, 6.45) is 4.18. The predicted octanol–water partition coefficient (Wildman–Crippen LogP) is 1.92. The number of imidazole rings is 1. The van der Waals surface area contributed by atoms with Crippen molar-refractivity contribution in [2.24, 2.45) is 0 Å². The summed E-state index contributed by atoms with van der Waals surface area (Å²) in [4.78, 5) is 26.1. The maximum atomic E-state index is 12.0. The van der Waals surface area contributed by atoms with Crippen LogP contribution in [0.1, 0.15) is 23.2 Å². The number of hydrogen-bond acceptors (Lipinski definition) is 3. The van der Waals surface area contributed by atoms with Crippen LogP contribution in [0.3, 0.4) is 0 Å². The standard InChI is InChI=1S/C13H14N2O3S/c1-19-13(5-6-13)7-15-10-8(11(16)17)3-2-4-9(10)14-12(15)18/h2-4H,5-7H2,1H3,(H,14,18)(H,16,17). The average molecular weight is 278 g/mol. The van der Waals surface area contributed by atoms with Crippen LogP contribution in [0, 0.1) is 0 Å². The third-order valence-corrected chi connectivity index (χ3v) is 5.11. The lowest BCUT2D eigenvalue weighted by Crippen LogP contribution is -2.24. The fraction of sp³-hybridized carbons (Fsp3) is 0.385. The number of carboxylic acid groups (broad SMARTS) is 1. The summed E-state index contributed by atoms with van der Waals surface area (Å²) in [5.41, 5.74) is 1.03. The predicted molar refractivity (Wildman–Crippen MR) is 75.0 cm³/mol. The minimum Gasteiger partial charge on any atom is -0.478 e. The summed E-state index contributed by atoms with van der Waals surface area (Å²) in [6.45, 7) is 0.567. The Balaban J connectivity index is 2.20. The number of carboxylic acids is 1. The van der Waals surface area contributed by atoms with Crippen molar-refractivity contribution in [2.45, 2.75) is 24.1 Å². The smallest absolute Gasteiger partial charge is 0.337 e. The highest BCUT2D eigenvalue weighted by atomic mass is 32.2. The Morgan fingerprint density at radius 3 is 2.84 bits per heavy atom. The third kappa shape index (κ3) is 1.96. The molecule has 0 aliphatic heterocycles. The lowest BCUT2D eigenvalue weighted by molar-refractivity contribution is 0.0698. The zero-order valence-corrected chi connectivity index (χ0v) is 11.3. The number of carbonyl (C=O) groups is 1. The number of hydrogen-bond donors (Lipinski definition) is 2. The SMILES string of the molecule is CSC1(Cn2c(=O)[nH]c3cccc(C(=O)O)c32)CC1. The third-order valence-electron chi connectivity index (χ3n) is 3.71. The van der Waals surface area contributed by atoms with Crippen molar-refractivity contribution in [3.05, 3.63) is 34.2 Å². The molecule has 5 nitrogen and oxygen atoms in total. The largest absolute Gasteiger partial charge is 0.478 e. The summed E-state index contributed by atoms with van der Waals surface area (Å²) in [5, 5.41) is 9.25. The summed E-state index contributed by atoms with van der Waals surface area (Å²) in [5.74, 6) is -1.01. The van der Waals surface area contributed by atoms with Crippen LogP contribution in [0.2, 0.25) is 0 Å². The van der Waals surface area contributed by atoms with Crippen LogP contribution in [0.15, 0.2) is 23.0 Å². The molecule has 2 N–H and O–H groups in total. The molecule has 0 atom stereocenters. The van der Waals surface area contributed by atoms with E-state index in [0.717, 1.165) is 12.8 Å². The molecule has 0 radical (unpaired) electrons. The van der Waals surface area contributed by atoms with Gasteiger partial charge in [0, 0.05) is 11.3 Å². The minimum absolute atomic E-state index is 0.102. The first kappa shape index (κ1) is 12.3. The number of aromatic carboxylic acids is 1. The molecule has 6 heteroatoms. The Bertz CT molecular complexity index is 712. The molecule has 100 valence electrons. The van der Waals surface area contributed by atoms with E-state index in [1.807, 2.05) is 6.26 Å². The highest BCUT2D eigenvalue weighted by Gasteiger charge is 2.43. The van der Waals surface area contributed by atoms with Gasteiger partial charge >= 0.3 is 11.7 Å². The first-order valence-electron chi connectivity index (χ1n) is 6.06. The Labute approximate surface area is 113 Å². The molecule has 3 rings (SSSR count). The monoisotopic (exact) mass is 278 g/mol. The van der Waals surface area contributed by atoms with Crippen molar-refractivity contribution in [1.29, 1.82) is 0 Å². The van der Waals surface area contributed by atoms with E-state index in [4.69, 9.17) is 0 Å². The van der Waals surface area contributed by atoms with Crippen molar-refractivity contribution in [1.82, 2.24) is 9.55 Å². The van der Waals surface area contributed by atoms with Crippen molar-refractivity contribution in [2.75, 3.05) is 6.26 Å². The Hall–Kier alpha value is -1.69. The van der Waals surface area contributed by atoms with E-state index in [9.17, 15) is 14.7 Å². The van der Waals surface area contributed by atoms with Crippen molar-refractivity contribution < 1.29 is 9.90 Å². The lowest BCUT2D eigenvalue weighted by atomic mass is 10.2. The Kier molecular flexibility index (Phi) is 2.70. The number of nitrogens with zero attached hydrogens (tertiary/aromatic N) is 1. The van der Waals surface area contributed by atoms with Gasteiger partial charge in [-0.05, 0) is 31.2 Å². The number of aromatic nitrogens is 2. The molecule has 2 aromatic rings. The normalized spacial score (nSPS) is 16.7. The number of H-pyrrole nitrogens is 1. The second kappa shape index (κ2) is 4.16. The average Bonchev–Trinajstić information content (AvgIpc) is 3.09. The van der Waals surface area contributed by atoms with Crippen molar-refractivity contribution >= 4 is 28.8 Å². The first-order valence-corrected chi connectivity index (χ1v) is 7.29. The highest BCUT2D eigenvalue weighted by molar-refractivity contribution is 8.00. The second-order valence-electron chi connectivity index (χ2n) is 4.91. The highest BCUT2D eigenvalue weighted by Crippen LogP contribution is 2.48. The number of nitrogens with one attached hydrogen (secondary N) is 1. The molecule has 1 fully saturated rings. The van der Waals surface area contributed by atoms with Gasteiger partial charge in [0.05, 0.1) is 16.6 Å². The molecule has 0 bridgehead atoms. The van der Waals surface area contributed by atoms with Gasteiger partial charge in [-0.3, -0.25) is 4.57 Å². The molecule has 1 aliphatic rings. The van der Waals surface area contributed by atoms with Crippen molar-refractivity contribution in [3.8, 4) is 0 Å². The van der Waals surface area contributed by atoms with Crippen LogP contribution in [0.5, 0.6) is 0 Å².